The van der Waals surface area contributed by atoms with Gasteiger partial charge in [0.05, 0.1) is 18.2 Å². The molecule has 1 atom stereocenters. The molecule has 1 unspecified atom stereocenters. The molecule has 1 N–H and O–H groups in total. The largest absolute Gasteiger partial charge is 0.395 e. The molecule has 1 aromatic rings. The zero-order chi connectivity index (χ0) is 13.7. The second kappa shape index (κ2) is 6.67. The molecular formula is C15H21N3O. The van der Waals surface area contributed by atoms with Gasteiger partial charge in [0.1, 0.15) is 0 Å². The molecule has 0 saturated carbocycles. The van der Waals surface area contributed by atoms with E-state index in [2.05, 4.69) is 22.8 Å². The molecule has 0 aliphatic carbocycles. The number of aliphatic hydroxyl groups is 1. The van der Waals surface area contributed by atoms with Gasteiger partial charge in [-0.25, -0.2) is 0 Å². The summed E-state index contributed by atoms with van der Waals surface area (Å²) in [4.78, 5) is 4.75. The van der Waals surface area contributed by atoms with Gasteiger partial charge in [0.2, 0.25) is 0 Å². The molecule has 4 nitrogen and oxygen atoms in total. The number of aliphatic hydroxyl groups excluding tert-OH is 1. The van der Waals surface area contributed by atoms with Gasteiger partial charge in [-0.15, -0.1) is 0 Å². The summed E-state index contributed by atoms with van der Waals surface area (Å²) in [6.07, 6.45) is 0. The number of nitrogens with zero attached hydrogens (tertiary/aromatic N) is 3. The number of piperazine rings is 1. The van der Waals surface area contributed by atoms with E-state index >= 15 is 0 Å². The van der Waals surface area contributed by atoms with E-state index in [1.54, 1.807) is 0 Å². The summed E-state index contributed by atoms with van der Waals surface area (Å²) in [5.74, 6) is 0. The quantitative estimate of drug-likeness (QED) is 0.883. The average molecular weight is 259 g/mol. The Morgan fingerprint density at radius 2 is 1.84 bits per heavy atom. The van der Waals surface area contributed by atoms with Crippen molar-refractivity contribution in [3.8, 4) is 6.07 Å². The standard InChI is InChI=1S/C15H21N3O/c1-13(15-4-2-14(12-16)3-5-15)18-8-6-17(7-9-18)10-11-19/h2-5,13,19H,6-11H2,1H3. The Labute approximate surface area is 114 Å². The highest BCUT2D eigenvalue weighted by Crippen LogP contribution is 2.21. The van der Waals surface area contributed by atoms with Gasteiger partial charge in [-0.2, -0.15) is 5.26 Å². The van der Waals surface area contributed by atoms with E-state index in [-0.39, 0.29) is 6.61 Å². The van der Waals surface area contributed by atoms with Crippen LogP contribution in [0.5, 0.6) is 0 Å². The van der Waals surface area contributed by atoms with Gasteiger partial charge in [0.25, 0.3) is 0 Å². The molecule has 1 aliphatic heterocycles. The predicted octanol–water partition coefficient (Wildman–Crippen LogP) is 1.23. The lowest BCUT2D eigenvalue weighted by atomic mass is 10.0. The number of nitriles is 1. The molecule has 1 aromatic carbocycles. The Morgan fingerprint density at radius 3 is 2.37 bits per heavy atom. The van der Waals surface area contributed by atoms with Gasteiger partial charge < -0.3 is 5.11 Å². The van der Waals surface area contributed by atoms with E-state index in [4.69, 9.17) is 10.4 Å². The van der Waals surface area contributed by atoms with Gasteiger partial charge in [-0.1, -0.05) is 12.1 Å². The Bertz CT molecular complexity index is 430. The Balaban J connectivity index is 1.93. The maximum Gasteiger partial charge on any atom is 0.0991 e. The van der Waals surface area contributed by atoms with Crippen molar-refractivity contribution in [1.82, 2.24) is 9.80 Å². The van der Waals surface area contributed by atoms with Crippen molar-refractivity contribution < 1.29 is 5.11 Å². The molecule has 1 fully saturated rings. The van der Waals surface area contributed by atoms with Crippen LogP contribution in [-0.4, -0.2) is 54.2 Å². The number of benzene rings is 1. The second-order valence-corrected chi connectivity index (χ2v) is 5.01. The maximum absolute atomic E-state index is 8.94. The SMILES string of the molecule is CC(c1ccc(C#N)cc1)N1CCN(CCO)CC1. The molecule has 0 aromatic heterocycles. The van der Waals surface area contributed by atoms with Crippen LogP contribution in [0.3, 0.4) is 0 Å². The second-order valence-electron chi connectivity index (χ2n) is 5.01. The van der Waals surface area contributed by atoms with E-state index in [0.717, 1.165) is 32.7 Å². The first-order valence-corrected chi connectivity index (χ1v) is 6.82. The van der Waals surface area contributed by atoms with Gasteiger partial charge in [0.15, 0.2) is 0 Å². The Morgan fingerprint density at radius 1 is 1.21 bits per heavy atom. The molecule has 19 heavy (non-hydrogen) atoms. The molecule has 102 valence electrons. The lowest BCUT2D eigenvalue weighted by Crippen LogP contribution is -2.47. The van der Waals surface area contributed by atoms with Crippen molar-refractivity contribution in [1.29, 1.82) is 5.26 Å². The lowest BCUT2D eigenvalue weighted by Gasteiger charge is -2.38. The van der Waals surface area contributed by atoms with E-state index in [1.807, 2.05) is 24.3 Å². The number of β-amino-alcohol motifs (C(OH)–C–C–N with tert-alkyl or cyclic N) is 1. The first kappa shape index (κ1) is 14.0. The third-order valence-electron chi connectivity index (χ3n) is 3.89. The van der Waals surface area contributed by atoms with E-state index < -0.39 is 0 Å². The number of hydrogen-bond acceptors (Lipinski definition) is 4. The summed E-state index contributed by atoms with van der Waals surface area (Å²) >= 11 is 0. The van der Waals surface area contributed by atoms with Gasteiger partial charge in [-0.05, 0) is 24.6 Å². The van der Waals surface area contributed by atoms with Crippen molar-refractivity contribution >= 4 is 0 Å². The molecule has 1 heterocycles. The van der Waals surface area contributed by atoms with Crippen molar-refractivity contribution in [2.75, 3.05) is 39.3 Å². The van der Waals surface area contributed by atoms with Crippen molar-refractivity contribution in [2.45, 2.75) is 13.0 Å². The predicted molar refractivity (Wildman–Crippen MR) is 74.7 cm³/mol. The van der Waals surface area contributed by atoms with Crippen LogP contribution in [0.25, 0.3) is 0 Å². The van der Waals surface area contributed by atoms with E-state index in [9.17, 15) is 0 Å². The highest BCUT2D eigenvalue weighted by molar-refractivity contribution is 5.32. The van der Waals surface area contributed by atoms with E-state index in [1.165, 1.54) is 5.56 Å². The zero-order valence-electron chi connectivity index (χ0n) is 11.4. The van der Waals surface area contributed by atoms with Crippen LogP contribution in [-0.2, 0) is 0 Å². The molecule has 4 heteroatoms. The van der Waals surface area contributed by atoms with Gasteiger partial charge in [-0.3, -0.25) is 9.80 Å². The van der Waals surface area contributed by atoms with Gasteiger partial charge >= 0.3 is 0 Å². The fourth-order valence-corrected chi connectivity index (χ4v) is 2.56. The number of hydrogen-bond donors (Lipinski definition) is 1. The molecule has 0 radical (unpaired) electrons. The summed E-state index contributed by atoms with van der Waals surface area (Å²) in [5, 5.41) is 17.7. The van der Waals surface area contributed by atoms with Crippen LogP contribution in [0.2, 0.25) is 0 Å². The summed E-state index contributed by atoms with van der Waals surface area (Å²) in [5.41, 5.74) is 1.97. The molecular weight excluding hydrogens is 238 g/mol. The maximum atomic E-state index is 8.94. The summed E-state index contributed by atoms with van der Waals surface area (Å²) in [6, 6.07) is 10.4. The fraction of sp³-hybridized carbons (Fsp3) is 0.533. The molecule has 1 aliphatic rings. The highest BCUT2D eigenvalue weighted by atomic mass is 16.3. The normalized spacial score (nSPS) is 19.0. The van der Waals surface area contributed by atoms with Crippen LogP contribution < -0.4 is 0 Å². The number of rotatable bonds is 4. The summed E-state index contributed by atoms with van der Waals surface area (Å²) in [7, 11) is 0. The Kier molecular flexibility index (Phi) is 4.92. The van der Waals surface area contributed by atoms with Crippen LogP contribution >= 0.6 is 0 Å². The van der Waals surface area contributed by atoms with Crippen molar-refractivity contribution in [2.24, 2.45) is 0 Å². The van der Waals surface area contributed by atoms with Crippen LogP contribution in [0.1, 0.15) is 24.1 Å². The minimum absolute atomic E-state index is 0.241. The molecule has 2 rings (SSSR count). The first-order valence-electron chi connectivity index (χ1n) is 6.82. The molecule has 0 bridgehead atoms. The minimum atomic E-state index is 0.241. The molecule has 0 amide bonds. The molecule has 0 spiro atoms. The highest BCUT2D eigenvalue weighted by Gasteiger charge is 2.21. The first-order chi connectivity index (χ1) is 9.24. The zero-order valence-corrected chi connectivity index (χ0v) is 11.4. The monoisotopic (exact) mass is 259 g/mol. The van der Waals surface area contributed by atoms with Crippen molar-refractivity contribution in [3.63, 3.8) is 0 Å². The van der Waals surface area contributed by atoms with E-state index in [0.29, 0.717) is 11.6 Å². The fourth-order valence-electron chi connectivity index (χ4n) is 2.56. The summed E-state index contributed by atoms with van der Waals surface area (Å²) < 4.78 is 0. The smallest absolute Gasteiger partial charge is 0.0991 e. The van der Waals surface area contributed by atoms with Crippen LogP contribution in [0.4, 0.5) is 0 Å². The van der Waals surface area contributed by atoms with Gasteiger partial charge in [0, 0.05) is 38.8 Å². The third-order valence-corrected chi connectivity index (χ3v) is 3.89. The Hall–Kier alpha value is -1.41. The van der Waals surface area contributed by atoms with Crippen molar-refractivity contribution in [3.05, 3.63) is 35.4 Å². The summed E-state index contributed by atoms with van der Waals surface area (Å²) in [6.45, 7) is 7.32. The molecule has 1 saturated heterocycles. The third kappa shape index (κ3) is 3.54. The lowest BCUT2D eigenvalue weighted by molar-refractivity contribution is 0.0888. The van der Waals surface area contributed by atoms with Crippen LogP contribution in [0, 0.1) is 11.3 Å². The average Bonchev–Trinajstić information content (AvgIpc) is 2.48. The topological polar surface area (TPSA) is 50.5 Å². The minimum Gasteiger partial charge on any atom is -0.395 e. The van der Waals surface area contributed by atoms with Crippen LogP contribution in [0.15, 0.2) is 24.3 Å².